The van der Waals surface area contributed by atoms with Crippen molar-refractivity contribution >= 4 is 6.47 Å². The molecule has 0 aromatic rings. The van der Waals surface area contributed by atoms with Crippen molar-refractivity contribution in [2.75, 3.05) is 0 Å². The highest BCUT2D eigenvalue weighted by atomic mass is 19.1. The van der Waals surface area contributed by atoms with Gasteiger partial charge in [-0.2, -0.15) is 4.39 Å². The monoisotopic (exact) mass is 127 g/mol. The molecule has 0 saturated heterocycles. The highest BCUT2D eigenvalue weighted by molar-refractivity contribution is 5.45. The summed E-state index contributed by atoms with van der Waals surface area (Å²) in [7, 11) is 0. The zero-order valence-corrected chi connectivity index (χ0v) is 5.63. The molecule has 0 radical (unpaired) electrons. The van der Waals surface area contributed by atoms with Gasteiger partial charge in [0.15, 0.2) is 6.47 Å². The fourth-order valence-corrected chi connectivity index (χ4v) is 0.452. The minimum absolute atomic E-state index is 0.271. The van der Waals surface area contributed by atoms with Crippen LogP contribution in [0.15, 0.2) is 28.9 Å². The van der Waals surface area contributed by atoms with E-state index in [0.717, 1.165) is 5.57 Å². The minimum atomic E-state index is 0.271. The molecule has 0 bridgehead atoms. The van der Waals surface area contributed by atoms with Gasteiger partial charge < -0.3 is 0 Å². The van der Waals surface area contributed by atoms with Crippen molar-refractivity contribution in [3.8, 4) is 0 Å². The fraction of sp³-hybridized carbons (Fsp3) is 0.286. The molecule has 0 spiro atoms. The van der Waals surface area contributed by atoms with Crippen molar-refractivity contribution in [2.24, 2.45) is 4.99 Å². The van der Waals surface area contributed by atoms with E-state index in [1.165, 1.54) is 6.20 Å². The summed E-state index contributed by atoms with van der Waals surface area (Å²) in [6, 6.07) is 0. The Kier molecular flexibility index (Phi) is 4.69. The SMILES string of the molecule is C/C=C\C(C)=C/N=CF. The highest BCUT2D eigenvalue weighted by Gasteiger charge is 1.74. The van der Waals surface area contributed by atoms with Crippen LogP contribution in [0.25, 0.3) is 0 Å². The van der Waals surface area contributed by atoms with E-state index in [0.29, 0.717) is 0 Å². The summed E-state index contributed by atoms with van der Waals surface area (Å²) < 4.78 is 11.2. The Morgan fingerprint density at radius 2 is 2.22 bits per heavy atom. The van der Waals surface area contributed by atoms with E-state index in [1.807, 2.05) is 26.0 Å². The molecule has 0 fully saturated rings. The second-order valence-electron chi connectivity index (χ2n) is 1.62. The number of rotatable bonds is 2. The molecule has 50 valence electrons. The molecular formula is C7H10FN. The number of allylic oxidation sites excluding steroid dienone is 3. The topological polar surface area (TPSA) is 12.4 Å². The summed E-state index contributed by atoms with van der Waals surface area (Å²) in [5.74, 6) is 0. The van der Waals surface area contributed by atoms with E-state index in [-0.39, 0.29) is 6.47 Å². The summed E-state index contributed by atoms with van der Waals surface area (Å²) in [4.78, 5) is 3.29. The van der Waals surface area contributed by atoms with Crippen molar-refractivity contribution < 1.29 is 4.39 Å². The standard InChI is InChI=1S/C7H10FN/c1-3-4-7(2)5-9-6-8/h3-6H,1-2H3/b4-3-,7-5-,9-6?. The zero-order chi connectivity index (χ0) is 7.11. The van der Waals surface area contributed by atoms with Gasteiger partial charge in [-0.05, 0) is 19.4 Å². The van der Waals surface area contributed by atoms with E-state index in [2.05, 4.69) is 4.99 Å². The van der Waals surface area contributed by atoms with Crippen LogP contribution in [0.3, 0.4) is 0 Å². The summed E-state index contributed by atoms with van der Waals surface area (Å²) >= 11 is 0. The van der Waals surface area contributed by atoms with E-state index in [4.69, 9.17) is 0 Å². The third-order valence-corrected chi connectivity index (χ3v) is 0.764. The van der Waals surface area contributed by atoms with Gasteiger partial charge in [-0.15, -0.1) is 0 Å². The van der Waals surface area contributed by atoms with Crippen molar-refractivity contribution in [2.45, 2.75) is 13.8 Å². The van der Waals surface area contributed by atoms with E-state index < -0.39 is 0 Å². The Bertz CT molecular complexity index is 145. The number of halogens is 1. The zero-order valence-electron chi connectivity index (χ0n) is 5.63. The lowest BCUT2D eigenvalue weighted by Crippen LogP contribution is -1.63. The molecule has 9 heavy (non-hydrogen) atoms. The lowest BCUT2D eigenvalue weighted by atomic mass is 10.3. The van der Waals surface area contributed by atoms with Gasteiger partial charge in [0.1, 0.15) is 0 Å². The van der Waals surface area contributed by atoms with Crippen LogP contribution in [-0.2, 0) is 0 Å². The third kappa shape index (κ3) is 4.94. The molecule has 0 atom stereocenters. The van der Waals surface area contributed by atoms with Crippen LogP contribution in [-0.4, -0.2) is 6.47 Å². The van der Waals surface area contributed by atoms with Gasteiger partial charge in [0.2, 0.25) is 0 Å². The quantitative estimate of drug-likeness (QED) is 0.399. The summed E-state index contributed by atoms with van der Waals surface area (Å²) in [6.07, 6.45) is 5.19. The van der Waals surface area contributed by atoms with Crippen LogP contribution < -0.4 is 0 Å². The predicted octanol–water partition coefficient (Wildman–Crippen LogP) is 2.46. The average molecular weight is 127 g/mol. The van der Waals surface area contributed by atoms with Crippen molar-refractivity contribution in [3.05, 3.63) is 23.9 Å². The summed E-state index contributed by atoms with van der Waals surface area (Å²) in [5.41, 5.74) is 0.936. The number of aliphatic imine (C=N–C) groups is 1. The molecule has 0 aromatic carbocycles. The molecule has 0 amide bonds. The minimum Gasteiger partial charge on any atom is -0.235 e. The van der Waals surface area contributed by atoms with E-state index >= 15 is 0 Å². The van der Waals surface area contributed by atoms with E-state index in [1.54, 1.807) is 0 Å². The van der Waals surface area contributed by atoms with E-state index in [9.17, 15) is 4.39 Å². The van der Waals surface area contributed by atoms with Crippen LogP contribution in [0.1, 0.15) is 13.8 Å². The van der Waals surface area contributed by atoms with Crippen LogP contribution in [0.4, 0.5) is 4.39 Å². The largest absolute Gasteiger partial charge is 0.235 e. The first-order valence-corrected chi connectivity index (χ1v) is 2.72. The maximum atomic E-state index is 11.2. The fourth-order valence-electron chi connectivity index (χ4n) is 0.452. The van der Waals surface area contributed by atoms with Crippen molar-refractivity contribution in [1.82, 2.24) is 0 Å². The normalized spacial score (nSPS) is 13.9. The molecule has 0 unspecified atom stereocenters. The Hall–Kier alpha value is -0.920. The molecule has 0 aliphatic carbocycles. The molecule has 0 heterocycles. The maximum Gasteiger partial charge on any atom is 0.175 e. The summed E-state index contributed by atoms with van der Waals surface area (Å²) in [5, 5.41) is 0. The Balaban J connectivity index is 3.84. The average Bonchev–Trinajstić information content (AvgIpc) is 1.85. The van der Waals surface area contributed by atoms with Gasteiger partial charge in [-0.3, -0.25) is 0 Å². The molecule has 2 heteroatoms. The molecule has 0 aromatic heterocycles. The van der Waals surface area contributed by atoms with Gasteiger partial charge >= 0.3 is 0 Å². The number of hydrogen-bond acceptors (Lipinski definition) is 1. The van der Waals surface area contributed by atoms with Crippen LogP contribution in [0.2, 0.25) is 0 Å². The van der Waals surface area contributed by atoms with Gasteiger partial charge in [0.05, 0.1) is 0 Å². The van der Waals surface area contributed by atoms with Gasteiger partial charge in [-0.25, -0.2) is 4.99 Å². The Morgan fingerprint density at radius 3 is 2.67 bits per heavy atom. The Labute approximate surface area is 54.6 Å². The first-order valence-electron chi connectivity index (χ1n) is 2.72. The molecule has 0 rings (SSSR count). The molecule has 0 saturated carbocycles. The second-order valence-corrected chi connectivity index (χ2v) is 1.62. The molecular weight excluding hydrogens is 117 g/mol. The lowest BCUT2D eigenvalue weighted by molar-refractivity contribution is 0.841. The van der Waals surface area contributed by atoms with Gasteiger partial charge in [0.25, 0.3) is 0 Å². The smallest absolute Gasteiger partial charge is 0.175 e. The predicted molar refractivity (Wildman–Crippen MR) is 38.2 cm³/mol. The lowest BCUT2D eigenvalue weighted by Gasteiger charge is -1.82. The number of nitrogens with zero attached hydrogens (tertiary/aromatic N) is 1. The molecule has 1 nitrogen and oxygen atoms in total. The van der Waals surface area contributed by atoms with Crippen LogP contribution in [0.5, 0.6) is 0 Å². The molecule has 0 aliphatic rings. The third-order valence-electron chi connectivity index (χ3n) is 0.764. The van der Waals surface area contributed by atoms with Crippen molar-refractivity contribution in [3.63, 3.8) is 0 Å². The van der Waals surface area contributed by atoms with Gasteiger partial charge in [-0.1, -0.05) is 12.2 Å². The maximum absolute atomic E-state index is 11.2. The Morgan fingerprint density at radius 1 is 1.56 bits per heavy atom. The van der Waals surface area contributed by atoms with Gasteiger partial charge in [0, 0.05) is 6.20 Å². The van der Waals surface area contributed by atoms with Crippen LogP contribution in [0, 0.1) is 0 Å². The van der Waals surface area contributed by atoms with Crippen molar-refractivity contribution in [1.29, 1.82) is 0 Å². The summed E-state index contributed by atoms with van der Waals surface area (Å²) in [6.45, 7) is 4.02. The first-order chi connectivity index (χ1) is 4.31. The molecule has 0 aliphatic heterocycles. The second kappa shape index (κ2) is 5.22. The highest BCUT2D eigenvalue weighted by Crippen LogP contribution is 1.93. The van der Waals surface area contributed by atoms with Crippen LogP contribution >= 0.6 is 0 Å². The first kappa shape index (κ1) is 8.08. The molecule has 0 N–H and O–H groups in total. The number of hydrogen-bond donors (Lipinski definition) is 0.